The quantitative estimate of drug-likeness (QED) is 0.470. The Balaban J connectivity index is 1.70. The fourth-order valence-corrected chi connectivity index (χ4v) is 4.49. The van der Waals surface area contributed by atoms with E-state index in [0.29, 0.717) is 12.1 Å². The number of piperazine rings is 1. The SMILES string of the molecule is CCC(=O)N1CCN(C(=O)c2cc(C(F)(F)F)cc(C(F)(F)F)c2)C(Cc2cc3ccccc3[nH]2)C1. The Morgan fingerprint density at radius 1 is 0.944 bits per heavy atom. The zero-order chi connectivity index (χ0) is 26.3. The Bertz CT molecular complexity index is 1220. The average molecular weight is 511 g/mol. The molecule has 2 heterocycles. The van der Waals surface area contributed by atoms with Gasteiger partial charge in [-0.15, -0.1) is 0 Å². The number of carbonyl (C=O) groups excluding carboxylic acids is 2. The molecule has 1 unspecified atom stereocenters. The van der Waals surface area contributed by atoms with Crippen LogP contribution in [-0.2, 0) is 23.6 Å². The molecule has 1 aliphatic rings. The molecule has 0 bridgehead atoms. The number of aromatic nitrogens is 1. The van der Waals surface area contributed by atoms with E-state index in [-0.39, 0.29) is 44.4 Å². The Hall–Kier alpha value is -3.50. The number of nitrogens with zero attached hydrogens (tertiary/aromatic N) is 2. The lowest BCUT2D eigenvalue weighted by molar-refractivity contribution is -0.143. The van der Waals surface area contributed by atoms with E-state index in [1.165, 1.54) is 4.90 Å². The van der Waals surface area contributed by atoms with Gasteiger partial charge in [-0.25, -0.2) is 0 Å². The summed E-state index contributed by atoms with van der Waals surface area (Å²) in [5.74, 6) is -1.10. The van der Waals surface area contributed by atoms with Gasteiger partial charge in [0.1, 0.15) is 0 Å². The van der Waals surface area contributed by atoms with Crippen molar-refractivity contribution in [3.05, 3.63) is 70.9 Å². The smallest absolute Gasteiger partial charge is 0.358 e. The van der Waals surface area contributed by atoms with Crippen LogP contribution < -0.4 is 0 Å². The first-order chi connectivity index (χ1) is 16.9. The lowest BCUT2D eigenvalue weighted by atomic mass is 10.0. The number of carbonyl (C=O) groups is 2. The van der Waals surface area contributed by atoms with E-state index in [1.807, 2.05) is 30.3 Å². The van der Waals surface area contributed by atoms with Crippen LogP contribution in [0.4, 0.5) is 26.3 Å². The van der Waals surface area contributed by atoms with Crippen molar-refractivity contribution in [2.75, 3.05) is 19.6 Å². The van der Waals surface area contributed by atoms with E-state index in [4.69, 9.17) is 0 Å². The molecule has 1 fully saturated rings. The maximum atomic E-state index is 13.4. The van der Waals surface area contributed by atoms with E-state index < -0.39 is 41.0 Å². The number of alkyl halides is 6. The van der Waals surface area contributed by atoms with E-state index >= 15 is 0 Å². The van der Waals surface area contributed by atoms with Gasteiger partial charge in [-0.05, 0) is 35.7 Å². The first-order valence-corrected chi connectivity index (χ1v) is 11.3. The van der Waals surface area contributed by atoms with Gasteiger partial charge >= 0.3 is 12.4 Å². The van der Waals surface area contributed by atoms with Crippen molar-refractivity contribution in [3.8, 4) is 0 Å². The lowest BCUT2D eigenvalue weighted by Crippen LogP contribution is -2.57. The number of aromatic amines is 1. The molecule has 1 N–H and O–H groups in total. The van der Waals surface area contributed by atoms with Crippen molar-refractivity contribution in [2.24, 2.45) is 0 Å². The summed E-state index contributed by atoms with van der Waals surface area (Å²) in [5.41, 5.74) is -2.23. The molecule has 2 aromatic carbocycles. The van der Waals surface area contributed by atoms with Gasteiger partial charge in [-0.3, -0.25) is 9.59 Å². The van der Waals surface area contributed by atoms with Crippen LogP contribution in [0.2, 0.25) is 0 Å². The van der Waals surface area contributed by atoms with Crippen molar-refractivity contribution in [3.63, 3.8) is 0 Å². The minimum atomic E-state index is -5.06. The molecular formula is C25H23F6N3O2. The van der Waals surface area contributed by atoms with Gasteiger partial charge in [-0.1, -0.05) is 25.1 Å². The van der Waals surface area contributed by atoms with Crippen molar-refractivity contribution < 1.29 is 35.9 Å². The monoisotopic (exact) mass is 511 g/mol. The first kappa shape index (κ1) is 25.6. The number of H-pyrrole nitrogens is 1. The van der Waals surface area contributed by atoms with Crippen molar-refractivity contribution in [1.82, 2.24) is 14.8 Å². The van der Waals surface area contributed by atoms with Crippen molar-refractivity contribution in [1.29, 1.82) is 0 Å². The molecule has 1 atom stereocenters. The highest BCUT2D eigenvalue weighted by Crippen LogP contribution is 2.37. The molecule has 0 saturated carbocycles. The summed E-state index contributed by atoms with van der Waals surface area (Å²) in [4.78, 5) is 31.7. The van der Waals surface area contributed by atoms with Gasteiger partial charge in [0.2, 0.25) is 5.91 Å². The second-order valence-electron chi connectivity index (χ2n) is 8.73. The minimum Gasteiger partial charge on any atom is -0.358 e. The molecule has 0 aliphatic carbocycles. The highest BCUT2D eigenvalue weighted by Gasteiger charge is 2.39. The van der Waals surface area contributed by atoms with E-state index in [2.05, 4.69) is 4.98 Å². The maximum absolute atomic E-state index is 13.4. The molecule has 4 rings (SSSR count). The Morgan fingerprint density at radius 2 is 1.58 bits per heavy atom. The molecule has 192 valence electrons. The van der Waals surface area contributed by atoms with Gasteiger partial charge in [0.05, 0.1) is 17.2 Å². The molecule has 2 amide bonds. The maximum Gasteiger partial charge on any atom is 0.416 e. The summed E-state index contributed by atoms with van der Waals surface area (Å²) in [6, 6.07) is 9.53. The Morgan fingerprint density at radius 3 is 2.17 bits per heavy atom. The summed E-state index contributed by atoms with van der Waals surface area (Å²) >= 11 is 0. The van der Waals surface area contributed by atoms with Gasteiger partial charge in [0.25, 0.3) is 5.91 Å². The topological polar surface area (TPSA) is 56.4 Å². The standard InChI is InChI=1S/C25H23F6N3O2/c1-2-22(35)33-7-8-34(20(14-33)13-19-11-15-5-3-4-6-21(15)32-19)23(36)16-9-17(24(26,27)28)12-18(10-16)25(29,30)31/h3-6,9-12,20,32H,2,7-8,13-14H2,1H3. The van der Waals surface area contributed by atoms with E-state index in [9.17, 15) is 35.9 Å². The number of hydrogen-bond acceptors (Lipinski definition) is 2. The van der Waals surface area contributed by atoms with Gasteiger partial charge < -0.3 is 14.8 Å². The summed E-state index contributed by atoms with van der Waals surface area (Å²) in [6.45, 7) is 1.91. The molecule has 1 aliphatic heterocycles. The van der Waals surface area contributed by atoms with Crippen LogP contribution in [0.25, 0.3) is 10.9 Å². The van der Waals surface area contributed by atoms with Gasteiger partial charge in [0.15, 0.2) is 0 Å². The predicted octanol–water partition coefficient (Wildman–Crippen LogP) is 5.51. The normalized spacial score (nSPS) is 17.0. The number of halogens is 6. The Labute approximate surface area is 202 Å². The highest BCUT2D eigenvalue weighted by molar-refractivity contribution is 5.95. The number of rotatable bonds is 4. The summed E-state index contributed by atoms with van der Waals surface area (Å²) in [7, 11) is 0. The van der Waals surface area contributed by atoms with Crippen LogP contribution >= 0.6 is 0 Å². The largest absolute Gasteiger partial charge is 0.416 e. The highest BCUT2D eigenvalue weighted by atomic mass is 19.4. The molecule has 0 spiro atoms. The summed E-state index contributed by atoms with van der Waals surface area (Å²) in [6.07, 6.45) is -9.66. The molecule has 3 aromatic rings. The summed E-state index contributed by atoms with van der Waals surface area (Å²) in [5, 5.41) is 0.912. The third-order valence-electron chi connectivity index (χ3n) is 6.27. The van der Waals surface area contributed by atoms with Crippen LogP contribution in [0.5, 0.6) is 0 Å². The van der Waals surface area contributed by atoms with Crippen molar-refractivity contribution >= 4 is 22.7 Å². The lowest BCUT2D eigenvalue weighted by Gasteiger charge is -2.41. The number of nitrogens with one attached hydrogen (secondary N) is 1. The molecule has 1 aromatic heterocycles. The Kier molecular flexibility index (Phi) is 6.76. The minimum absolute atomic E-state index is 0.00337. The number of fused-ring (bicyclic) bond motifs is 1. The van der Waals surface area contributed by atoms with Crippen LogP contribution in [0, 0.1) is 0 Å². The van der Waals surface area contributed by atoms with Crippen LogP contribution in [0.1, 0.15) is 40.5 Å². The first-order valence-electron chi connectivity index (χ1n) is 11.3. The summed E-state index contributed by atoms with van der Waals surface area (Å²) < 4.78 is 80.1. The van der Waals surface area contributed by atoms with E-state index in [1.54, 1.807) is 11.8 Å². The second kappa shape index (κ2) is 9.51. The fourth-order valence-electron chi connectivity index (χ4n) is 4.49. The van der Waals surface area contributed by atoms with E-state index in [0.717, 1.165) is 16.6 Å². The van der Waals surface area contributed by atoms with Gasteiger partial charge in [0, 0.05) is 49.2 Å². The molecular weight excluding hydrogens is 488 g/mol. The van der Waals surface area contributed by atoms with Crippen LogP contribution in [-0.4, -0.2) is 52.3 Å². The van der Waals surface area contributed by atoms with Gasteiger partial charge in [-0.2, -0.15) is 26.3 Å². The predicted molar refractivity (Wildman–Crippen MR) is 120 cm³/mol. The zero-order valence-corrected chi connectivity index (χ0v) is 19.2. The fraction of sp³-hybridized carbons (Fsp3) is 0.360. The molecule has 11 heteroatoms. The van der Waals surface area contributed by atoms with Crippen molar-refractivity contribution in [2.45, 2.75) is 38.2 Å². The van der Waals surface area contributed by atoms with Crippen LogP contribution in [0.15, 0.2) is 48.5 Å². The third kappa shape index (κ3) is 5.34. The number of hydrogen-bond donors (Lipinski definition) is 1. The molecule has 5 nitrogen and oxygen atoms in total. The van der Waals surface area contributed by atoms with Crippen LogP contribution in [0.3, 0.4) is 0 Å². The second-order valence-corrected chi connectivity index (χ2v) is 8.73. The molecule has 0 radical (unpaired) electrons. The molecule has 36 heavy (non-hydrogen) atoms. The average Bonchev–Trinajstić information content (AvgIpc) is 3.24. The zero-order valence-electron chi connectivity index (χ0n) is 19.2. The number of para-hydroxylation sites is 1. The molecule has 1 saturated heterocycles. The third-order valence-corrected chi connectivity index (χ3v) is 6.27. The number of benzene rings is 2. The number of amides is 2.